The van der Waals surface area contributed by atoms with Crippen LogP contribution in [0.15, 0.2) is 29.6 Å². The average Bonchev–Trinajstić information content (AvgIpc) is 3.13. The zero-order chi connectivity index (χ0) is 18.9. The van der Waals surface area contributed by atoms with E-state index in [2.05, 4.69) is 10.0 Å². The summed E-state index contributed by atoms with van der Waals surface area (Å²) < 4.78 is 25.0. The van der Waals surface area contributed by atoms with Crippen LogP contribution in [-0.4, -0.2) is 33.0 Å². The van der Waals surface area contributed by atoms with Gasteiger partial charge in [-0.15, -0.1) is 11.3 Å². The summed E-state index contributed by atoms with van der Waals surface area (Å²) in [4.78, 5) is 26.3. The second-order valence-corrected chi connectivity index (χ2v) is 8.97. The number of carbonyl (C=O) groups is 2. The molecule has 1 aliphatic rings. The van der Waals surface area contributed by atoms with Crippen molar-refractivity contribution in [1.29, 1.82) is 0 Å². The number of anilines is 3. The molecule has 1 aliphatic heterocycles. The maximum atomic E-state index is 12.4. The summed E-state index contributed by atoms with van der Waals surface area (Å²) in [5.74, 6) is -0.304. The third-order valence-electron chi connectivity index (χ3n) is 3.65. The number of thiophene rings is 1. The second-order valence-electron chi connectivity index (χ2n) is 5.88. The predicted molar refractivity (Wildman–Crippen MR) is 104 cm³/mol. The van der Waals surface area contributed by atoms with Gasteiger partial charge in [0.05, 0.1) is 22.5 Å². The van der Waals surface area contributed by atoms with E-state index in [1.165, 1.54) is 29.5 Å². The molecule has 0 spiro atoms. The highest BCUT2D eigenvalue weighted by atomic mass is 35.5. The molecule has 2 amide bonds. The van der Waals surface area contributed by atoms with E-state index in [1.807, 2.05) is 0 Å². The van der Waals surface area contributed by atoms with Gasteiger partial charge in [-0.25, -0.2) is 8.42 Å². The van der Waals surface area contributed by atoms with Crippen LogP contribution in [-0.2, 0) is 14.8 Å². The molecule has 0 radical (unpaired) electrons. The third-order valence-corrected chi connectivity index (χ3v) is 5.39. The Bertz CT molecular complexity index is 972. The normalized spacial score (nSPS) is 14.5. The fraction of sp³-hybridized carbons (Fsp3) is 0.250. The van der Waals surface area contributed by atoms with Gasteiger partial charge in [0, 0.05) is 29.1 Å². The first-order valence-electron chi connectivity index (χ1n) is 7.70. The van der Waals surface area contributed by atoms with Crippen LogP contribution in [0.4, 0.5) is 17.1 Å². The van der Waals surface area contributed by atoms with Crippen LogP contribution in [0.1, 0.15) is 22.5 Å². The Morgan fingerprint density at radius 2 is 1.96 bits per heavy atom. The van der Waals surface area contributed by atoms with Crippen molar-refractivity contribution in [2.75, 3.05) is 27.7 Å². The minimum Gasteiger partial charge on any atom is -0.321 e. The summed E-state index contributed by atoms with van der Waals surface area (Å²) in [5.41, 5.74) is 1.33. The molecule has 1 aromatic carbocycles. The van der Waals surface area contributed by atoms with E-state index in [9.17, 15) is 18.0 Å². The minimum atomic E-state index is -3.46. The molecule has 1 saturated heterocycles. The van der Waals surface area contributed by atoms with Gasteiger partial charge in [0.25, 0.3) is 5.91 Å². The van der Waals surface area contributed by atoms with Gasteiger partial charge < -0.3 is 10.2 Å². The highest BCUT2D eigenvalue weighted by Gasteiger charge is 2.23. The number of sulfonamides is 1. The zero-order valence-electron chi connectivity index (χ0n) is 13.8. The van der Waals surface area contributed by atoms with Crippen molar-refractivity contribution >= 4 is 61.8 Å². The molecule has 0 atom stereocenters. The Morgan fingerprint density at radius 3 is 2.62 bits per heavy atom. The number of halogens is 1. The zero-order valence-corrected chi connectivity index (χ0v) is 16.2. The summed E-state index contributed by atoms with van der Waals surface area (Å²) in [6.45, 7) is 0.658. The topological polar surface area (TPSA) is 95.6 Å². The number of benzene rings is 1. The van der Waals surface area contributed by atoms with E-state index in [0.717, 1.165) is 12.7 Å². The molecule has 3 rings (SSSR count). The monoisotopic (exact) mass is 413 g/mol. The lowest BCUT2D eigenvalue weighted by Crippen LogP contribution is -2.23. The molecular weight excluding hydrogens is 398 g/mol. The lowest BCUT2D eigenvalue weighted by Gasteiger charge is -2.12. The van der Waals surface area contributed by atoms with Gasteiger partial charge in [-0.2, -0.15) is 0 Å². The molecule has 0 unspecified atom stereocenters. The van der Waals surface area contributed by atoms with Crippen molar-refractivity contribution in [2.24, 2.45) is 0 Å². The van der Waals surface area contributed by atoms with E-state index in [-0.39, 0.29) is 22.5 Å². The van der Waals surface area contributed by atoms with Crippen LogP contribution in [0.25, 0.3) is 0 Å². The molecule has 0 aliphatic carbocycles. The molecule has 2 N–H and O–H groups in total. The summed E-state index contributed by atoms with van der Waals surface area (Å²) in [5, 5.41) is 4.74. The smallest absolute Gasteiger partial charge is 0.265 e. The molecule has 0 bridgehead atoms. The van der Waals surface area contributed by atoms with E-state index < -0.39 is 10.0 Å². The van der Waals surface area contributed by atoms with Gasteiger partial charge in [-0.05, 0) is 30.7 Å². The van der Waals surface area contributed by atoms with Crippen molar-refractivity contribution in [1.82, 2.24) is 0 Å². The SMILES string of the molecule is CS(=O)(=O)Nc1cc(Cl)cc(NC(=O)c2cc(N3CCCC3=O)cs2)c1. The van der Waals surface area contributed by atoms with Crippen LogP contribution >= 0.6 is 22.9 Å². The van der Waals surface area contributed by atoms with Gasteiger partial charge in [0.15, 0.2) is 0 Å². The van der Waals surface area contributed by atoms with Gasteiger partial charge >= 0.3 is 0 Å². The van der Waals surface area contributed by atoms with Crippen molar-refractivity contribution in [3.05, 3.63) is 39.5 Å². The number of hydrogen-bond acceptors (Lipinski definition) is 5. The number of amides is 2. The lowest BCUT2D eigenvalue weighted by atomic mass is 10.2. The van der Waals surface area contributed by atoms with E-state index in [4.69, 9.17) is 11.6 Å². The molecule has 2 aromatic rings. The Morgan fingerprint density at radius 1 is 1.23 bits per heavy atom. The standard InChI is InChI=1S/C16H16ClN3O4S2/c1-26(23,24)19-12-6-10(17)5-11(7-12)18-16(22)14-8-13(9-25-14)20-4-2-3-15(20)21/h5-9,19H,2-4H2,1H3,(H,18,22). The number of carbonyl (C=O) groups excluding carboxylic acids is 2. The molecule has 1 aromatic heterocycles. The highest BCUT2D eigenvalue weighted by molar-refractivity contribution is 7.92. The van der Waals surface area contributed by atoms with Gasteiger partial charge in [-0.1, -0.05) is 11.6 Å². The molecule has 0 saturated carbocycles. The largest absolute Gasteiger partial charge is 0.321 e. The average molecular weight is 414 g/mol. The fourth-order valence-electron chi connectivity index (χ4n) is 2.64. The third kappa shape index (κ3) is 4.54. The molecule has 10 heteroatoms. The predicted octanol–water partition coefficient (Wildman–Crippen LogP) is 3.15. The summed E-state index contributed by atoms with van der Waals surface area (Å²) in [6.07, 6.45) is 2.36. The number of nitrogens with one attached hydrogen (secondary N) is 2. The fourth-order valence-corrected chi connectivity index (χ4v) is 4.21. The van der Waals surface area contributed by atoms with Crippen LogP contribution < -0.4 is 14.9 Å². The lowest BCUT2D eigenvalue weighted by molar-refractivity contribution is -0.117. The van der Waals surface area contributed by atoms with Crippen LogP contribution in [0.3, 0.4) is 0 Å². The Balaban J connectivity index is 1.76. The van der Waals surface area contributed by atoms with Crippen LogP contribution in [0, 0.1) is 0 Å². The minimum absolute atomic E-state index is 0.0566. The van der Waals surface area contributed by atoms with Gasteiger partial charge in [0.2, 0.25) is 15.9 Å². The first-order chi connectivity index (χ1) is 12.2. The van der Waals surface area contributed by atoms with Gasteiger partial charge in [0.1, 0.15) is 0 Å². The Hall–Kier alpha value is -2.10. The van der Waals surface area contributed by atoms with E-state index >= 15 is 0 Å². The van der Waals surface area contributed by atoms with E-state index in [1.54, 1.807) is 16.3 Å². The van der Waals surface area contributed by atoms with Crippen molar-refractivity contribution in [3.8, 4) is 0 Å². The van der Waals surface area contributed by atoms with E-state index in [0.29, 0.717) is 29.2 Å². The van der Waals surface area contributed by atoms with Crippen molar-refractivity contribution in [3.63, 3.8) is 0 Å². The molecule has 138 valence electrons. The van der Waals surface area contributed by atoms with Gasteiger partial charge in [-0.3, -0.25) is 14.3 Å². The summed E-state index contributed by atoms with van der Waals surface area (Å²) >= 11 is 7.22. The Kier molecular flexibility index (Phi) is 5.22. The Labute approximate surface area is 160 Å². The number of nitrogens with zero attached hydrogens (tertiary/aromatic N) is 1. The van der Waals surface area contributed by atoms with Crippen molar-refractivity contribution in [2.45, 2.75) is 12.8 Å². The number of hydrogen-bond donors (Lipinski definition) is 2. The van der Waals surface area contributed by atoms with Crippen molar-refractivity contribution < 1.29 is 18.0 Å². The van der Waals surface area contributed by atoms with Crippen LogP contribution in [0.5, 0.6) is 0 Å². The summed E-state index contributed by atoms with van der Waals surface area (Å²) in [6, 6.07) is 6.11. The van der Waals surface area contributed by atoms with Crippen LogP contribution in [0.2, 0.25) is 5.02 Å². The molecular formula is C16H16ClN3O4S2. The first-order valence-corrected chi connectivity index (χ1v) is 10.8. The quantitative estimate of drug-likeness (QED) is 0.786. The number of rotatable bonds is 5. The summed E-state index contributed by atoms with van der Waals surface area (Å²) in [7, 11) is -3.46. The molecule has 26 heavy (non-hydrogen) atoms. The first kappa shape index (κ1) is 18.7. The maximum Gasteiger partial charge on any atom is 0.265 e. The highest BCUT2D eigenvalue weighted by Crippen LogP contribution is 2.28. The second kappa shape index (κ2) is 7.26. The molecule has 7 nitrogen and oxygen atoms in total. The molecule has 2 heterocycles. The maximum absolute atomic E-state index is 12.4. The molecule has 1 fully saturated rings.